The minimum Gasteiger partial charge on any atom is -0.330 e. The van der Waals surface area contributed by atoms with Gasteiger partial charge in [0, 0.05) is 5.02 Å². The molecule has 0 aliphatic carbocycles. The number of nitrogens with two attached hydrogens (primary N) is 1. The van der Waals surface area contributed by atoms with E-state index < -0.39 is 0 Å². The third-order valence-electron chi connectivity index (χ3n) is 2.92. The lowest BCUT2D eigenvalue weighted by Gasteiger charge is -2.09. The summed E-state index contributed by atoms with van der Waals surface area (Å²) >= 11 is 6.15. The van der Waals surface area contributed by atoms with Crippen molar-refractivity contribution < 1.29 is 0 Å². The van der Waals surface area contributed by atoms with Crippen molar-refractivity contribution in [2.45, 2.75) is 13.3 Å². The largest absolute Gasteiger partial charge is 0.330 e. The zero-order valence-corrected chi connectivity index (χ0v) is 10.7. The highest BCUT2D eigenvalue weighted by Gasteiger charge is 2.05. The van der Waals surface area contributed by atoms with Crippen LogP contribution < -0.4 is 5.73 Å². The van der Waals surface area contributed by atoms with Crippen molar-refractivity contribution in [3.63, 3.8) is 0 Å². The van der Waals surface area contributed by atoms with Gasteiger partial charge in [-0.2, -0.15) is 0 Å². The molecule has 2 N–H and O–H groups in total. The van der Waals surface area contributed by atoms with Gasteiger partial charge in [0.15, 0.2) is 0 Å². The number of hydrogen-bond acceptors (Lipinski definition) is 1. The predicted octanol–water partition coefficient (Wildman–Crippen LogP) is 3.82. The summed E-state index contributed by atoms with van der Waals surface area (Å²) in [4.78, 5) is 0. The van der Waals surface area contributed by atoms with Crippen molar-refractivity contribution in [1.82, 2.24) is 0 Å². The van der Waals surface area contributed by atoms with Gasteiger partial charge < -0.3 is 5.73 Å². The normalized spacial score (nSPS) is 10.5. The van der Waals surface area contributed by atoms with Gasteiger partial charge in [-0.25, -0.2) is 0 Å². The van der Waals surface area contributed by atoms with Crippen molar-refractivity contribution in [3.05, 3.63) is 58.6 Å². The van der Waals surface area contributed by atoms with Crippen molar-refractivity contribution in [2.75, 3.05) is 6.54 Å². The van der Waals surface area contributed by atoms with E-state index in [1.165, 1.54) is 16.7 Å². The Bertz CT molecular complexity index is 520. The molecule has 0 saturated heterocycles. The molecule has 0 aromatic heterocycles. The summed E-state index contributed by atoms with van der Waals surface area (Å²) in [5.41, 5.74) is 10.4. The highest BCUT2D eigenvalue weighted by molar-refractivity contribution is 6.31. The van der Waals surface area contributed by atoms with Crippen LogP contribution in [0.5, 0.6) is 0 Å². The lowest BCUT2D eigenvalue weighted by Crippen LogP contribution is -2.03. The van der Waals surface area contributed by atoms with Gasteiger partial charge in [-0.05, 0) is 54.3 Å². The molecule has 0 unspecified atom stereocenters. The van der Waals surface area contributed by atoms with Crippen molar-refractivity contribution in [1.29, 1.82) is 0 Å². The molecule has 2 aromatic carbocycles. The molecule has 0 radical (unpaired) electrons. The summed E-state index contributed by atoms with van der Waals surface area (Å²) in [5, 5.41) is 0.799. The maximum atomic E-state index is 6.15. The van der Waals surface area contributed by atoms with Crippen molar-refractivity contribution >= 4 is 11.6 Å². The fourth-order valence-corrected chi connectivity index (χ4v) is 2.20. The van der Waals surface area contributed by atoms with E-state index in [4.69, 9.17) is 17.3 Å². The van der Waals surface area contributed by atoms with Crippen molar-refractivity contribution in [3.8, 4) is 11.1 Å². The summed E-state index contributed by atoms with van der Waals surface area (Å²) in [6.07, 6.45) is 0.818. The van der Waals surface area contributed by atoms with Gasteiger partial charge in [-0.1, -0.05) is 41.9 Å². The second-order valence-corrected chi connectivity index (χ2v) is 4.57. The lowest BCUT2D eigenvalue weighted by atomic mass is 9.98. The summed E-state index contributed by atoms with van der Waals surface area (Å²) in [6, 6.07) is 14.5. The number of aryl methyl sites for hydroxylation is 1. The Labute approximate surface area is 107 Å². The molecular formula is C15H16ClN. The second kappa shape index (κ2) is 5.35. The Morgan fingerprint density at radius 3 is 2.59 bits per heavy atom. The maximum absolute atomic E-state index is 6.15. The number of halogens is 1. The average molecular weight is 246 g/mol. The number of benzene rings is 2. The second-order valence-electron chi connectivity index (χ2n) is 4.16. The monoisotopic (exact) mass is 245 g/mol. The Kier molecular flexibility index (Phi) is 3.82. The molecule has 88 valence electrons. The third-order valence-corrected chi connectivity index (χ3v) is 3.28. The predicted molar refractivity (Wildman–Crippen MR) is 74.4 cm³/mol. The van der Waals surface area contributed by atoms with E-state index in [1.54, 1.807) is 0 Å². The van der Waals surface area contributed by atoms with Crippen LogP contribution >= 0.6 is 11.6 Å². The SMILES string of the molecule is Cc1ccccc1-c1ccc(Cl)c(CCN)c1. The summed E-state index contributed by atoms with van der Waals surface area (Å²) in [5.74, 6) is 0. The van der Waals surface area contributed by atoms with E-state index in [9.17, 15) is 0 Å². The molecule has 0 saturated carbocycles. The van der Waals surface area contributed by atoms with Crippen LogP contribution in [0.15, 0.2) is 42.5 Å². The average Bonchev–Trinajstić information content (AvgIpc) is 2.33. The van der Waals surface area contributed by atoms with Crippen molar-refractivity contribution in [2.24, 2.45) is 5.73 Å². The van der Waals surface area contributed by atoms with Crippen LogP contribution in [0.4, 0.5) is 0 Å². The molecule has 0 fully saturated rings. The van der Waals surface area contributed by atoms with Crippen LogP contribution in [0.25, 0.3) is 11.1 Å². The molecule has 0 heterocycles. The van der Waals surface area contributed by atoms with E-state index in [0.29, 0.717) is 6.54 Å². The first-order chi connectivity index (χ1) is 8.22. The maximum Gasteiger partial charge on any atom is 0.0438 e. The van der Waals surface area contributed by atoms with E-state index in [0.717, 1.165) is 17.0 Å². The fraction of sp³-hybridized carbons (Fsp3) is 0.200. The van der Waals surface area contributed by atoms with Gasteiger partial charge in [0.25, 0.3) is 0 Å². The van der Waals surface area contributed by atoms with E-state index in [1.807, 2.05) is 6.07 Å². The summed E-state index contributed by atoms with van der Waals surface area (Å²) < 4.78 is 0. The molecule has 0 aliphatic rings. The minimum absolute atomic E-state index is 0.622. The van der Waals surface area contributed by atoms with Crippen LogP contribution in [0.2, 0.25) is 5.02 Å². The van der Waals surface area contributed by atoms with E-state index in [-0.39, 0.29) is 0 Å². The van der Waals surface area contributed by atoms with Gasteiger partial charge in [0.05, 0.1) is 0 Å². The highest BCUT2D eigenvalue weighted by atomic mass is 35.5. The quantitative estimate of drug-likeness (QED) is 0.874. The lowest BCUT2D eigenvalue weighted by molar-refractivity contribution is 0.969. The number of hydrogen-bond donors (Lipinski definition) is 1. The van der Waals surface area contributed by atoms with Gasteiger partial charge >= 0.3 is 0 Å². The Hall–Kier alpha value is -1.31. The number of rotatable bonds is 3. The Balaban J connectivity index is 2.46. The molecule has 0 spiro atoms. The molecule has 1 nitrogen and oxygen atoms in total. The zero-order valence-electron chi connectivity index (χ0n) is 9.91. The first-order valence-corrected chi connectivity index (χ1v) is 6.14. The van der Waals surface area contributed by atoms with Crippen LogP contribution in [0.3, 0.4) is 0 Å². The van der Waals surface area contributed by atoms with Crippen LogP contribution in [0, 0.1) is 6.92 Å². The van der Waals surface area contributed by atoms with Crippen LogP contribution in [-0.2, 0) is 6.42 Å². The van der Waals surface area contributed by atoms with Crippen LogP contribution in [0.1, 0.15) is 11.1 Å². The van der Waals surface area contributed by atoms with Gasteiger partial charge in [-0.3, -0.25) is 0 Å². The topological polar surface area (TPSA) is 26.0 Å². The smallest absolute Gasteiger partial charge is 0.0438 e. The standard InChI is InChI=1S/C15H16ClN/c1-11-4-2-3-5-14(11)12-6-7-15(16)13(10-12)8-9-17/h2-7,10H,8-9,17H2,1H3. The fourth-order valence-electron chi connectivity index (χ4n) is 1.99. The Morgan fingerprint density at radius 2 is 1.88 bits per heavy atom. The first-order valence-electron chi connectivity index (χ1n) is 5.77. The molecule has 17 heavy (non-hydrogen) atoms. The zero-order chi connectivity index (χ0) is 12.3. The first kappa shape index (κ1) is 12.2. The molecule has 2 aromatic rings. The van der Waals surface area contributed by atoms with E-state index >= 15 is 0 Å². The molecular weight excluding hydrogens is 230 g/mol. The Morgan fingerprint density at radius 1 is 1.12 bits per heavy atom. The molecule has 2 rings (SSSR count). The molecule has 0 atom stereocenters. The molecule has 2 heteroatoms. The van der Waals surface area contributed by atoms with Gasteiger partial charge in [0.2, 0.25) is 0 Å². The van der Waals surface area contributed by atoms with Gasteiger partial charge in [-0.15, -0.1) is 0 Å². The third kappa shape index (κ3) is 2.68. The molecule has 0 amide bonds. The summed E-state index contributed by atoms with van der Waals surface area (Å²) in [7, 11) is 0. The summed E-state index contributed by atoms with van der Waals surface area (Å²) in [6.45, 7) is 2.74. The molecule has 0 aliphatic heterocycles. The van der Waals surface area contributed by atoms with E-state index in [2.05, 4.69) is 43.3 Å². The highest BCUT2D eigenvalue weighted by Crippen LogP contribution is 2.27. The van der Waals surface area contributed by atoms with Gasteiger partial charge in [0.1, 0.15) is 0 Å². The van der Waals surface area contributed by atoms with Crippen LogP contribution in [-0.4, -0.2) is 6.54 Å². The minimum atomic E-state index is 0.622. The molecule has 0 bridgehead atoms.